The van der Waals surface area contributed by atoms with Crippen molar-refractivity contribution in [2.45, 2.75) is 29.9 Å². The number of amides is 2. The van der Waals surface area contributed by atoms with E-state index in [1.165, 1.54) is 11.3 Å². The van der Waals surface area contributed by atoms with Crippen molar-refractivity contribution < 1.29 is 46.6 Å². The quantitative estimate of drug-likeness (QED) is 0.217. The van der Waals surface area contributed by atoms with Gasteiger partial charge in [0, 0.05) is 24.6 Å². The van der Waals surface area contributed by atoms with Crippen LogP contribution in [0.4, 0.5) is 0 Å². The van der Waals surface area contributed by atoms with Crippen LogP contribution >= 0.6 is 11.3 Å². The van der Waals surface area contributed by atoms with Crippen LogP contribution in [0.25, 0.3) is 0 Å². The SMILES string of the molecule is C[n+]1ccccc1C(=O)NNC(=O)C1CCC(CNS(=O)(=O)c2cccs2)CC1.[I-]. The predicted molar refractivity (Wildman–Crippen MR) is 108 cm³/mol. The van der Waals surface area contributed by atoms with Gasteiger partial charge in [-0.2, -0.15) is 4.57 Å². The van der Waals surface area contributed by atoms with Crippen LogP contribution in [0.5, 0.6) is 0 Å². The second-order valence-electron chi connectivity index (χ2n) is 7.14. The molecule has 0 radical (unpaired) electrons. The number of nitrogens with zero attached hydrogens (tertiary/aromatic N) is 1. The van der Waals surface area contributed by atoms with Gasteiger partial charge in [-0.3, -0.25) is 20.4 Å². The largest absolute Gasteiger partial charge is 1.00 e. The van der Waals surface area contributed by atoms with Gasteiger partial charge in [-0.1, -0.05) is 6.07 Å². The van der Waals surface area contributed by atoms with E-state index in [-0.39, 0.29) is 47.6 Å². The van der Waals surface area contributed by atoms with Gasteiger partial charge in [-0.25, -0.2) is 13.1 Å². The third-order valence-electron chi connectivity index (χ3n) is 5.13. The van der Waals surface area contributed by atoms with Crippen LogP contribution in [0, 0.1) is 11.8 Å². The van der Waals surface area contributed by atoms with Gasteiger partial charge in [0.15, 0.2) is 6.20 Å². The highest BCUT2D eigenvalue weighted by Crippen LogP contribution is 2.29. The van der Waals surface area contributed by atoms with Gasteiger partial charge in [0.2, 0.25) is 15.9 Å². The summed E-state index contributed by atoms with van der Waals surface area (Å²) in [5.74, 6) is -0.579. The van der Waals surface area contributed by atoms with E-state index in [0.717, 1.165) is 12.8 Å². The average molecular weight is 564 g/mol. The molecule has 1 aliphatic carbocycles. The Kier molecular flexibility index (Phi) is 9.19. The van der Waals surface area contributed by atoms with E-state index in [1.807, 2.05) is 6.07 Å². The number of pyridine rings is 1. The molecule has 0 aromatic carbocycles. The Morgan fingerprint density at radius 1 is 1.10 bits per heavy atom. The second kappa shape index (κ2) is 11.2. The zero-order valence-electron chi connectivity index (χ0n) is 16.5. The van der Waals surface area contributed by atoms with Crippen molar-refractivity contribution in [1.82, 2.24) is 15.6 Å². The first kappa shape index (κ1) is 24.7. The first-order valence-corrected chi connectivity index (χ1v) is 11.8. The molecule has 1 aliphatic rings. The van der Waals surface area contributed by atoms with Gasteiger partial charge in [0.1, 0.15) is 11.3 Å². The zero-order valence-corrected chi connectivity index (χ0v) is 20.3. The summed E-state index contributed by atoms with van der Waals surface area (Å²) in [6.07, 6.45) is 4.59. The van der Waals surface area contributed by atoms with Crippen LogP contribution in [0.2, 0.25) is 0 Å². The first-order chi connectivity index (χ1) is 13.9. The van der Waals surface area contributed by atoms with Crippen LogP contribution in [0.15, 0.2) is 46.1 Å². The summed E-state index contributed by atoms with van der Waals surface area (Å²) in [6.45, 7) is 0.371. The molecular formula is C19H25IN4O4S2. The van der Waals surface area contributed by atoms with Crippen molar-refractivity contribution in [2.75, 3.05) is 6.54 Å². The summed E-state index contributed by atoms with van der Waals surface area (Å²) < 4.78 is 29.0. The summed E-state index contributed by atoms with van der Waals surface area (Å²) in [5.41, 5.74) is 5.40. The van der Waals surface area contributed by atoms with Crippen molar-refractivity contribution in [3.8, 4) is 0 Å². The monoisotopic (exact) mass is 564 g/mol. The molecular weight excluding hydrogens is 539 g/mol. The van der Waals surface area contributed by atoms with Gasteiger partial charge in [0.25, 0.3) is 5.69 Å². The molecule has 0 spiro atoms. The average Bonchev–Trinajstić information content (AvgIpc) is 3.27. The molecule has 0 aliphatic heterocycles. The van der Waals surface area contributed by atoms with E-state index in [1.54, 1.807) is 47.5 Å². The molecule has 2 aromatic rings. The summed E-state index contributed by atoms with van der Waals surface area (Å²) in [4.78, 5) is 24.5. The molecule has 164 valence electrons. The zero-order chi connectivity index (χ0) is 20.9. The van der Waals surface area contributed by atoms with E-state index >= 15 is 0 Å². The lowest BCUT2D eigenvalue weighted by atomic mass is 9.82. The highest BCUT2D eigenvalue weighted by Gasteiger charge is 2.28. The fraction of sp³-hybridized carbons (Fsp3) is 0.421. The van der Waals surface area contributed by atoms with Gasteiger partial charge in [0.05, 0.1) is 0 Å². The number of hydrazine groups is 1. The van der Waals surface area contributed by atoms with Crippen LogP contribution in [-0.4, -0.2) is 26.8 Å². The maximum absolute atomic E-state index is 12.4. The lowest BCUT2D eigenvalue weighted by Gasteiger charge is -2.27. The Balaban J connectivity index is 0.00000320. The molecule has 0 bridgehead atoms. The van der Waals surface area contributed by atoms with Gasteiger partial charge >= 0.3 is 5.91 Å². The number of nitrogens with one attached hydrogen (secondary N) is 3. The number of hydrogen-bond donors (Lipinski definition) is 3. The highest BCUT2D eigenvalue weighted by molar-refractivity contribution is 7.91. The smallest absolute Gasteiger partial charge is 0.334 e. The van der Waals surface area contributed by atoms with Crippen LogP contribution < -0.4 is 44.1 Å². The molecule has 2 heterocycles. The standard InChI is InChI=1S/C19H24N4O4S2.HI/c1-23-11-3-2-5-16(23)19(25)22-21-18(24)15-9-7-14(8-10-15)13-20-29(26,27)17-6-4-12-28-17;/h2-6,11-12,14-15,20,25H,7-10,13H2,1H3;1H. The van der Waals surface area contributed by atoms with E-state index in [0.29, 0.717) is 29.3 Å². The lowest BCUT2D eigenvalue weighted by Crippen LogP contribution is -3.00. The van der Waals surface area contributed by atoms with Crippen molar-refractivity contribution in [1.29, 1.82) is 0 Å². The van der Waals surface area contributed by atoms with Crippen molar-refractivity contribution >= 4 is 33.2 Å². The van der Waals surface area contributed by atoms with E-state index in [9.17, 15) is 18.0 Å². The Morgan fingerprint density at radius 2 is 1.83 bits per heavy atom. The number of rotatable bonds is 6. The van der Waals surface area contributed by atoms with Crippen molar-refractivity contribution in [3.05, 3.63) is 47.6 Å². The summed E-state index contributed by atoms with van der Waals surface area (Å²) in [5, 5.41) is 1.73. The molecule has 0 saturated heterocycles. The Hall–Kier alpha value is -1.57. The number of thiophene rings is 1. The number of halogens is 1. The molecule has 8 nitrogen and oxygen atoms in total. The number of carbonyl (C=O) groups excluding carboxylic acids is 2. The first-order valence-electron chi connectivity index (χ1n) is 9.45. The number of sulfonamides is 1. The van der Waals surface area contributed by atoms with Gasteiger partial charge in [-0.15, -0.1) is 11.3 Å². The summed E-state index contributed by atoms with van der Waals surface area (Å²) >= 11 is 1.19. The Bertz CT molecular complexity index is 959. The van der Waals surface area contributed by atoms with E-state index < -0.39 is 10.0 Å². The Labute approximate surface area is 197 Å². The Morgan fingerprint density at radius 3 is 2.47 bits per heavy atom. The number of carbonyl (C=O) groups is 2. The predicted octanol–water partition coefficient (Wildman–Crippen LogP) is -1.88. The summed E-state index contributed by atoms with van der Waals surface area (Å²) in [7, 11) is -1.70. The molecule has 1 fully saturated rings. The third kappa shape index (κ3) is 6.46. The van der Waals surface area contributed by atoms with Gasteiger partial charge in [-0.05, 0) is 49.1 Å². The van der Waals surface area contributed by atoms with Gasteiger partial charge < -0.3 is 24.0 Å². The maximum atomic E-state index is 12.4. The molecule has 30 heavy (non-hydrogen) atoms. The summed E-state index contributed by atoms with van der Waals surface area (Å²) in [6, 6.07) is 8.53. The van der Waals surface area contributed by atoms with Crippen LogP contribution in [0.3, 0.4) is 0 Å². The minimum Gasteiger partial charge on any atom is -1.00 e. The minimum absolute atomic E-state index is 0. The number of aryl methyl sites for hydroxylation is 1. The normalized spacial score (nSPS) is 18.8. The third-order valence-corrected chi connectivity index (χ3v) is 7.95. The maximum Gasteiger partial charge on any atom is 0.334 e. The lowest BCUT2D eigenvalue weighted by molar-refractivity contribution is -0.673. The topological polar surface area (TPSA) is 108 Å². The fourth-order valence-electron chi connectivity index (χ4n) is 3.39. The molecule has 3 rings (SSSR count). The molecule has 2 aromatic heterocycles. The molecule has 0 atom stereocenters. The molecule has 1 saturated carbocycles. The molecule has 2 amide bonds. The van der Waals surface area contributed by atoms with Crippen LogP contribution in [0.1, 0.15) is 36.2 Å². The molecule has 3 N–H and O–H groups in total. The van der Waals surface area contributed by atoms with Crippen molar-refractivity contribution in [2.24, 2.45) is 18.9 Å². The van der Waals surface area contributed by atoms with Crippen molar-refractivity contribution in [3.63, 3.8) is 0 Å². The van der Waals surface area contributed by atoms with E-state index in [4.69, 9.17) is 0 Å². The highest BCUT2D eigenvalue weighted by atomic mass is 127. The van der Waals surface area contributed by atoms with Crippen LogP contribution in [-0.2, 0) is 21.9 Å². The fourth-order valence-corrected chi connectivity index (χ4v) is 5.54. The van der Waals surface area contributed by atoms with E-state index in [2.05, 4.69) is 15.6 Å². The number of hydrogen-bond acceptors (Lipinski definition) is 5. The molecule has 0 unspecified atom stereocenters. The molecule has 11 heteroatoms. The minimum atomic E-state index is -3.45. The number of aromatic nitrogens is 1. The second-order valence-corrected chi connectivity index (χ2v) is 10.1.